The van der Waals surface area contributed by atoms with Gasteiger partial charge in [-0.2, -0.15) is 0 Å². The van der Waals surface area contributed by atoms with Crippen molar-refractivity contribution in [1.29, 1.82) is 0 Å². The van der Waals surface area contributed by atoms with E-state index in [0.717, 1.165) is 0 Å². The molecule has 1 aromatic carbocycles. The van der Waals surface area contributed by atoms with Gasteiger partial charge in [-0.3, -0.25) is 15.1 Å². The van der Waals surface area contributed by atoms with Gasteiger partial charge in [0.25, 0.3) is 5.69 Å². The first-order chi connectivity index (χ1) is 9.66. The fraction of sp³-hybridized carbons (Fsp3) is 0.0769. The predicted molar refractivity (Wildman–Crippen MR) is 73.2 cm³/mol. The molecule has 2 rings (SSSR count). The van der Waals surface area contributed by atoms with Crippen LogP contribution in [0.4, 0.5) is 16.2 Å². The number of nitro benzene ring substituents is 1. The summed E-state index contributed by atoms with van der Waals surface area (Å²) in [6, 6.07) is 9.12. The molecule has 0 atom stereocenters. The van der Waals surface area contributed by atoms with E-state index in [-0.39, 0.29) is 12.2 Å². The zero-order valence-corrected chi connectivity index (χ0v) is 10.4. The molecule has 0 saturated heterocycles. The molecule has 2 amide bonds. The number of urea groups is 1. The zero-order valence-electron chi connectivity index (χ0n) is 10.4. The van der Waals surface area contributed by atoms with E-state index in [1.165, 1.54) is 6.07 Å². The minimum absolute atomic E-state index is 0.0169. The largest absolute Gasteiger partial charge is 0.334 e. The van der Waals surface area contributed by atoms with Crippen LogP contribution in [0, 0.1) is 10.1 Å². The first kappa shape index (κ1) is 13.5. The number of aromatic nitrogens is 1. The van der Waals surface area contributed by atoms with Crippen molar-refractivity contribution in [3.05, 3.63) is 64.5 Å². The fourth-order valence-electron chi connectivity index (χ4n) is 1.62. The zero-order chi connectivity index (χ0) is 14.4. The van der Waals surface area contributed by atoms with Crippen LogP contribution in [-0.2, 0) is 6.54 Å². The van der Waals surface area contributed by atoms with Crippen molar-refractivity contribution >= 4 is 17.4 Å². The molecular weight excluding hydrogens is 260 g/mol. The molecule has 1 heterocycles. The second kappa shape index (κ2) is 6.28. The first-order valence-electron chi connectivity index (χ1n) is 5.84. The Labute approximate surface area is 114 Å². The monoisotopic (exact) mass is 272 g/mol. The topological polar surface area (TPSA) is 97.2 Å². The summed E-state index contributed by atoms with van der Waals surface area (Å²) in [5.74, 6) is 0. The van der Waals surface area contributed by atoms with E-state index in [1.54, 1.807) is 42.7 Å². The van der Waals surface area contributed by atoms with Gasteiger partial charge in [-0.1, -0.05) is 18.2 Å². The van der Waals surface area contributed by atoms with Crippen LogP contribution >= 0.6 is 0 Å². The number of nitrogens with zero attached hydrogens (tertiary/aromatic N) is 2. The molecule has 102 valence electrons. The second-order valence-electron chi connectivity index (χ2n) is 3.93. The molecular formula is C13H12N4O3. The van der Waals surface area contributed by atoms with E-state index in [2.05, 4.69) is 15.6 Å². The van der Waals surface area contributed by atoms with Gasteiger partial charge < -0.3 is 10.6 Å². The molecule has 0 aliphatic carbocycles. The molecule has 0 aliphatic heterocycles. The maximum Gasteiger partial charge on any atom is 0.319 e. The molecule has 0 bridgehead atoms. The van der Waals surface area contributed by atoms with Crippen LogP contribution in [0.15, 0.2) is 48.8 Å². The average Bonchev–Trinajstić information content (AvgIpc) is 2.46. The lowest BCUT2D eigenvalue weighted by Gasteiger charge is -2.07. The van der Waals surface area contributed by atoms with Crippen LogP contribution in [0.5, 0.6) is 0 Å². The lowest BCUT2D eigenvalue weighted by atomic mass is 10.2. The lowest BCUT2D eigenvalue weighted by Crippen LogP contribution is -2.28. The number of hydrogen-bond acceptors (Lipinski definition) is 4. The quantitative estimate of drug-likeness (QED) is 0.659. The summed E-state index contributed by atoms with van der Waals surface area (Å²) in [5.41, 5.74) is 1.03. The Kier molecular flexibility index (Phi) is 4.23. The van der Waals surface area contributed by atoms with Crippen LogP contribution in [0.1, 0.15) is 5.56 Å². The van der Waals surface area contributed by atoms with Crippen LogP contribution in [0.25, 0.3) is 0 Å². The molecule has 0 radical (unpaired) electrons. The molecule has 0 spiro atoms. The summed E-state index contributed by atoms with van der Waals surface area (Å²) in [7, 11) is 0. The number of amides is 2. The number of pyridine rings is 1. The molecule has 0 unspecified atom stereocenters. The number of rotatable bonds is 4. The number of hydrogen-bond donors (Lipinski definition) is 2. The molecule has 0 aliphatic rings. The number of carbonyl (C=O) groups is 1. The van der Waals surface area contributed by atoms with E-state index < -0.39 is 11.0 Å². The molecule has 0 saturated carbocycles. The summed E-state index contributed by atoms with van der Waals surface area (Å²) in [5, 5.41) is 16.0. The van der Waals surface area contributed by atoms with Gasteiger partial charge in [-0.05, 0) is 12.1 Å². The van der Waals surface area contributed by atoms with Crippen LogP contribution in [0.3, 0.4) is 0 Å². The van der Waals surface area contributed by atoms with E-state index in [9.17, 15) is 14.9 Å². The number of nitrogens with one attached hydrogen (secondary N) is 2. The van der Waals surface area contributed by atoms with Crippen LogP contribution in [0.2, 0.25) is 0 Å². The number of para-hydroxylation sites is 1. The summed E-state index contributed by atoms with van der Waals surface area (Å²) < 4.78 is 0. The number of carbonyl (C=O) groups excluding carboxylic acids is 1. The summed E-state index contributed by atoms with van der Waals surface area (Å²) in [6.07, 6.45) is 3.11. The van der Waals surface area contributed by atoms with Gasteiger partial charge in [0.1, 0.15) is 0 Å². The van der Waals surface area contributed by atoms with Crippen molar-refractivity contribution in [3.8, 4) is 0 Å². The predicted octanol–water partition coefficient (Wildman–Crippen LogP) is 2.31. The SMILES string of the molecule is O=C(NCc1ccccc1[N+](=O)[O-])Nc1ccncc1. The highest BCUT2D eigenvalue weighted by molar-refractivity contribution is 5.89. The van der Waals surface area contributed by atoms with Gasteiger partial charge in [0.15, 0.2) is 0 Å². The van der Waals surface area contributed by atoms with E-state index in [0.29, 0.717) is 11.3 Å². The number of anilines is 1. The maximum atomic E-state index is 11.7. The van der Waals surface area contributed by atoms with Gasteiger partial charge >= 0.3 is 6.03 Å². The van der Waals surface area contributed by atoms with Gasteiger partial charge in [0.2, 0.25) is 0 Å². The smallest absolute Gasteiger partial charge is 0.319 e. The minimum Gasteiger partial charge on any atom is -0.334 e. The Morgan fingerprint density at radius 1 is 1.20 bits per heavy atom. The lowest BCUT2D eigenvalue weighted by molar-refractivity contribution is -0.385. The Morgan fingerprint density at radius 3 is 2.60 bits per heavy atom. The highest BCUT2D eigenvalue weighted by atomic mass is 16.6. The average molecular weight is 272 g/mol. The standard InChI is InChI=1S/C13H12N4O3/c18-13(16-11-5-7-14-8-6-11)15-9-10-3-1-2-4-12(10)17(19)20/h1-8H,9H2,(H2,14,15,16,18). The Balaban J connectivity index is 1.96. The third kappa shape index (κ3) is 3.52. The van der Waals surface area contributed by atoms with Crippen LogP contribution in [-0.4, -0.2) is 15.9 Å². The van der Waals surface area contributed by atoms with Crippen molar-refractivity contribution in [2.75, 3.05) is 5.32 Å². The maximum absolute atomic E-state index is 11.7. The summed E-state index contributed by atoms with van der Waals surface area (Å²) in [6.45, 7) is 0.0775. The molecule has 2 N–H and O–H groups in total. The normalized spacial score (nSPS) is 9.80. The molecule has 7 heteroatoms. The number of benzene rings is 1. The van der Waals surface area contributed by atoms with E-state index in [1.807, 2.05) is 0 Å². The van der Waals surface area contributed by atoms with Crippen molar-refractivity contribution in [2.24, 2.45) is 0 Å². The van der Waals surface area contributed by atoms with E-state index >= 15 is 0 Å². The first-order valence-corrected chi connectivity index (χ1v) is 5.84. The molecule has 0 fully saturated rings. The minimum atomic E-state index is -0.474. The van der Waals surface area contributed by atoms with Crippen LogP contribution < -0.4 is 10.6 Å². The van der Waals surface area contributed by atoms with Crippen molar-refractivity contribution in [3.63, 3.8) is 0 Å². The third-order valence-corrected chi connectivity index (χ3v) is 2.57. The Hall–Kier alpha value is -2.96. The molecule has 7 nitrogen and oxygen atoms in total. The summed E-state index contributed by atoms with van der Waals surface area (Å²) >= 11 is 0. The second-order valence-corrected chi connectivity index (χ2v) is 3.93. The third-order valence-electron chi connectivity index (χ3n) is 2.57. The van der Waals surface area contributed by atoms with Gasteiger partial charge in [-0.15, -0.1) is 0 Å². The van der Waals surface area contributed by atoms with Crippen molar-refractivity contribution < 1.29 is 9.72 Å². The highest BCUT2D eigenvalue weighted by Crippen LogP contribution is 2.17. The van der Waals surface area contributed by atoms with Crippen molar-refractivity contribution in [1.82, 2.24) is 10.3 Å². The highest BCUT2D eigenvalue weighted by Gasteiger charge is 2.12. The fourth-order valence-corrected chi connectivity index (χ4v) is 1.62. The Bertz CT molecular complexity index is 616. The molecule has 2 aromatic rings. The van der Waals surface area contributed by atoms with Gasteiger partial charge in [-0.25, -0.2) is 4.79 Å². The van der Waals surface area contributed by atoms with Gasteiger partial charge in [0.05, 0.1) is 11.5 Å². The summed E-state index contributed by atoms with van der Waals surface area (Å²) in [4.78, 5) is 25.8. The number of nitro groups is 1. The van der Waals surface area contributed by atoms with E-state index in [4.69, 9.17) is 0 Å². The van der Waals surface area contributed by atoms with Crippen molar-refractivity contribution in [2.45, 2.75) is 6.54 Å². The molecule has 20 heavy (non-hydrogen) atoms. The molecule has 1 aromatic heterocycles. The van der Waals surface area contributed by atoms with Gasteiger partial charge in [0, 0.05) is 29.7 Å². The Morgan fingerprint density at radius 2 is 1.90 bits per heavy atom.